The third-order valence-corrected chi connectivity index (χ3v) is 5.72. The third kappa shape index (κ3) is 3.94. The number of unbranched alkanes of at least 4 members (excludes halogenated alkanes) is 1. The van der Waals surface area contributed by atoms with Crippen molar-refractivity contribution < 1.29 is 8.42 Å². The van der Waals surface area contributed by atoms with Crippen molar-refractivity contribution in [2.75, 3.05) is 24.7 Å². The minimum atomic E-state index is -3.14. The fourth-order valence-corrected chi connectivity index (χ4v) is 4.28. The molecule has 2 heterocycles. The first-order chi connectivity index (χ1) is 9.13. The second-order valence-corrected chi connectivity index (χ2v) is 7.39. The summed E-state index contributed by atoms with van der Waals surface area (Å²) in [6.45, 7) is 1.19. The SMILES string of the molecule is O=S(=O)(CCCCCl)N1CCCC(c2ccn[nH]2)C1. The second-order valence-electron chi connectivity index (χ2n) is 4.92. The van der Waals surface area contributed by atoms with Crippen LogP contribution in [0.1, 0.15) is 37.3 Å². The highest BCUT2D eigenvalue weighted by Crippen LogP contribution is 2.27. The van der Waals surface area contributed by atoms with Gasteiger partial charge in [-0.3, -0.25) is 5.10 Å². The van der Waals surface area contributed by atoms with Gasteiger partial charge in [-0.1, -0.05) is 0 Å². The van der Waals surface area contributed by atoms with Crippen molar-refractivity contribution >= 4 is 21.6 Å². The molecule has 0 amide bonds. The first kappa shape index (κ1) is 14.8. The Kier molecular flexibility index (Phi) is 5.24. The zero-order valence-electron chi connectivity index (χ0n) is 10.9. The van der Waals surface area contributed by atoms with Crippen LogP contribution in [0.4, 0.5) is 0 Å². The Morgan fingerprint density at radius 3 is 3.00 bits per heavy atom. The van der Waals surface area contributed by atoms with Gasteiger partial charge in [0.05, 0.1) is 5.75 Å². The monoisotopic (exact) mass is 305 g/mol. The van der Waals surface area contributed by atoms with Crippen LogP contribution < -0.4 is 0 Å². The number of nitrogens with one attached hydrogen (secondary N) is 1. The second kappa shape index (κ2) is 6.72. The normalized spacial score (nSPS) is 21.6. The van der Waals surface area contributed by atoms with Crippen molar-refractivity contribution in [2.45, 2.75) is 31.6 Å². The van der Waals surface area contributed by atoms with Crippen LogP contribution in [0.25, 0.3) is 0 Å². The average molecular weight is 306 g/mol. The Morgan fingerprint density at radius 1 is 1.47 bits per heavy atom. The summed E-state index contributed by atoms with van der Waals surface area (Å²) in [5.74, 6) is 0.959. The molecule has 0 saturated carbocycles. The number of halogens is 1. The fraction of sp³-hybridized carbons (Fsp3) is 0.750. The number of alkyl halides is 1. The molecular formula is C12H20ClN3O2S. The van der Waals surface area contributed by atoms with E-state index in [1.165, 1.54) is 0 Å². The zero-order valence-corrected chi connectivity index (χ0v) is 12.5. The quantitative estimate of drug-likeness (QED) is 0.645. The van der Waals surface area contributed by atoms with E-state index in [2.05, 4.69) is 10.2 Å². The van der Waals surface area contributed by atoms with Crippen molar-refractivity contribution in [1.29, 1.82) is 0 Å². The van der Waals surface area contributed by atoms with Gasteiger partial charge in [0.1, 0.15) is 0 Å². The molecule has 0 bridgehead atoms. The molecule has 0 spiro atoms. The summed E-state index contributed by atoms with van der Waals surface area (Å²) in [6.07, 6.45) is 5.01. The highest BCUT2D eigenvalue weighted by molar-refractivity contribution is 7.89. The van der Waals surface area contributed by atoms with Gasteiger partial charge in [-0.15, -0.1) is 11.6 Å². The first-order valence-electron chi connectivity index (χ1n) is 6.66. The molecular weight excluding hydrogens is 286 g/mol. The summed E-state index contributed by atoms with van der Waals surface area (Å²) in [7, 11) is -3.14. The Hall–Kier alpha value is -0.590. The zero-order chi connectivity index (χ0) is 13.7. The molecule has 1 N–H and O–H groups in total. The molecule has 1 aromatic heterocycles. The summed E-state index contributed by atoms with van der Waals surface area (Å²) in [5, 5.41) is 6.88. The molecule has 1 unspecified atom stereocenters. The van der Waals surface area contributed by atoms with Crippen molar-refractivity contribution in [3.8, 4) is 0 Å². The van der Waals surface area contributed by atoms with Crippen LogP contribution in [0, 0.1) is 0 Å². The van der Waals surface area contributed by atoms with E-state index in [0.717, 1.165) is 25.0 Å². The standard InChI is InChI=1S/C12H20ClN3O2S/c13-6-1-2-9-19(17,18)16-8-3-4-11(10-16)12-5-7-14-15-12/h5,7,11H,1-4,6,8-10H2,(H,14,15). The summed E-state index contributed by atoms with van der Waals surface area (Å²) >= 11 is 5.59. The van der Waals surface area contributed by atoms with Gasteiger partial charge in [0, 0.05) is 36.8 Å². The van der Waals surface area contributed by atoms with E-state index in [1.54, 1.807) is 10.5 Å². The maximum atomic E-state index is 12.2. The number of piperidine rings is 1. The smallest absolute Gasteiger partial charge is 0.214 e. The molecule has 0 radical (unpaired) electrons. The predicted molar refractivity (Wildman–Crippen MR) is 75.9 cm³/mol. The van der Waals surface area contributed by atoms with Crippen molar-refractivity contribution in [3.63, 3.8) is 0 Å². The lowest BCUT2D eigenvalue weighted by Gasteiger charge is -2.31. The molecule has 0 aliphatic carbocycles. The van der Waals surface area contributed by atoms with Crippen molar-refractivity contribution in [2.24, 2.45) is 0 Å². The van der Waals surface area contributed by atoms with Crippen LogP contribution in [0.5, 0.6) is 0 Å². The maximum Gasteiger partial charge on any atom is 0.214 e. The molecule has 1 aliphatic rings. The number of hydrogen-bond acceptors (Lipinski definition) is 3. The number of aromatic nitrogens is 2. The Morgan fingerprint density at radius 2 is 2.32 bits per heavy atom. The van der Waals surface area contributed by atoms with Gasteiger partial charge in [0.2, 0.25) is 10.0 Å². The minimum absolute atomic E-state index is 0.204. The number of nitrogens with zero attached hydrogens (tertiary/aromatic N) is 2. The Balaban J connectivity index is 1.96. The molecule has 1 aromatic rings. The highest BCUT2D eigenvalue weighted by atomic mass is 35.5. The van der Waals surface area contributed by atoms with Gasteiger partial charge in [-0.25, -0.2) is 12.7 Å². The Bertz CT molecular complexity index is 475. The van der Waals surface area contributed by atoms with Crippen molar-refractivity contribution in [3.05, 3.63) is 18.0 Å². The molecule has 2 rings (SSSR count). The van der Waals surface area contributed by atoms with Gasteiger partial charge in [0.25, 0.3) is 0 Å². The molecule has 19 heavy (non-hydrogen) atoms. The molecule has 1 fully saturated rings. The maximum absolute atomic E-state index is 12.2. The van der Waals surface area contributed by atoms with Gasteiger partial charge in [-0.05, 0) is 31.7 Å². The highest BCUT2D eigenvalue weighted by Gasteiger charge is 2.29. The summed E-state index contributed by atoms with van der Waals surface area (Å²) in [5.41, 5.74) is 1.03. The number of aromatic amines is 1. The lowest BCUT2D eigenvalue weighted by atomic mass is 9.96. The minimum Gasteiger partial charge on any atom is -0.282 e. The molecule has 1 atom stereocenters. The summed E-state index contributed by atoms with van der Waals surface area (Å²) < 4.78 is 26.1. The number of rotatable bonds is 6. The van der Waals surface area contributed by atoms with Gasteiger partial charge in [-0.2, -0.15) is 5.10 Å². The van der Waals surface area contributed by atoms with Crippen LogP contribution in [0.2, 0.25) is 0 Å². The average Bonchev–Trinajstić information content (AvgIpc) is 2.93. The van der Waals surface area contributed by atoms with Gasteiger partial charge >= 0.3 is 0 Å². The number of hydrogen-bond donors (Lipinski definition) is 1. The van der Waals surface area contributed by atoms with Gasteiger partial charge < -0.3 is 0 Å². The van der Waals surface area contributed by atoms with Crippen LogP contribution in [-0.4, -0.2) is 47.6 Å². The summed E-state index contributed by atoms with van der Waals surface area (Å²) in [4.78, 5) is 0. The lowest BCUT2D eigenvalue weighted by Crippen LogP contribution is -2.40. The molecule has 1 aliphatic heterocycles. The molecule has 0 aromatic carbocycles. The number of H-pyrrole nitrogens is 1. The Labute approximate surface area is 119 Å². The van der Waals surface area contributed by atoms with E-state index in [-0.39, 0.29) is 11.7 Å². The third-order valence-electron chi connectivity index (χ3n) is 3.53. The van der Waals surface area contributed by atoms with Crippen LogP contribution >= 0.6 is 11.6 Å². The topological polar surface area (TPSA) is 66.1 Å². The van der Waals surface area contributed by atoms with E-state index in [9.17, 15) is 8.42 Å². The summed E-state index contributed by atoms with van der Waals surface area (Å²) in [6, 6.07) is 1.92. The van der Waals surface area contributed by atoms with Crippen LogP contribution in [-0.2, 0) is 10.0 Å². The number of sulfonamides is 1. The van der Waals surface area contributed by atoms with Crippen LogP contribution in [0.3, 0.4) is 0 Å². The van der Waals surface area contributed by atoms with Crippen LogP contribution in [0.15, 0.2) is 12.3 Å². The largest absolute Gasteiger partial charge is 0.282 e. The molecule has 108 valence electrons. The lowest BCUT2D eigenvalue weighted by molar-refractivity contribution is 0.312. The van der Waals surface area contributed by atoms with Crippen molar-refractivity contribution in [1.82, 2.24) is 14.5 Å². The van der Waals surface area contributed by atoms with E-state index >= 15 is 0 Å². The van der Waals surface area contributed by atoms with Gasteiger partial charge in [0.15, 0.2) is 0 Å². The fourth-order valence-electron chi connectivity index (χ4n) is 2.45. The molecule has 5 nitrogen and oxygen atoms in total. The predicted octanol–water partition coefficient (Wildman–Crippen LogP) is 1.94. The van der Waals surface area contributed by atoms with E-state index in [0.29, 0.717) is 25.4 Å². The van der Waals surface area contributed by atoms with E-state index in [1.807, 2.05) is 6.07 Å². The van der Waals surface area contributed by atoms with E-state index in [4.69, 9.17) is 11.6 Å². The molecule has 7 heteroatoms. The first-order valence-corrected chi connectivity index (χ1v) is 8.81. The van der Waals surface area contributed by atoms with E-state index < -0.39 is 10.0 Å². The molecule has 1 saturated heterocycles.